The molecule has 0 aliphatic carbocycles. The van der Waals surface area contributed by atoms with Crippen molar-refractivity contribution >= 4 is 27.3 Å². The van der Waals surface area contributed by atoms with Crippen LogP contribution in [0.15, 0.2) is 41.3 Å². The van der Waals surface area contributed by atoms with E-state index in [2.05, 4.69) is 10.0 Å². The lowest BCUT2D eigenvalue weighted by Crippen LogP contribution is -2.14. The fraction of sp³-hybridized carbons (Fsp3) is 0.278. The number of phenolic OH excluding ortho intramolecular Hbond substituents is 1. The van der Waals surface area contributed by atoms with Gasteiger partial charge in [-0.15, -0.1) is 0 Å². The molecule has 0 heterocycles. The first kappa shape index (κ1) is 20.4. The van der Waals surface area contributed by atoms with Gasteiger partial charge in [0.05, 0.1) is 29.5 Å². The zero-order valence-corrected chi connectivity index (χ0v) is 16.1. The third-order valence-corrected chi connectivity index (χ3v) is 4.76. The number of phenols is 1. The number of hydrogen-bond acceptors (Lipinski definition) is 6. The highest BCUT2D eigenvalue weighted by molar-refractivity contribution is 7.92. The molecule has 0 saturated carbocycles. The highest BCUT2D eigenvalue weighted by Crippen LogP contribution is 2.32. The minimum Gasteiger partial charge on any atom is -0.506 e. The lowest BCUT2D eigenvalue weighted by atomic mass is 10.2. The van der Waals surface area contributed by atoms with Crippen molar-refractivity contribution in [1.82, 2.24) is 0 Å². The summed E-state index contributed by atoms with van der Waals surface area (Å²) in [7, 11) is -3.92. The number of sulfonamides is 1. The van der Waals surface area contributed by atoms with Gasteiger partial charge in [0.1, 0.15) is 5.75 Å². The van der Waals surface area contributed by atoms with E-state index in [0.29, 0.717) is 24.7 Å². The molecule has 0 aliphatic rings. The number of carbonyl (C=O) groups is 1. The van der Waals surface area contributed by atoms with E-state index >= 15 is 0 Å². The summed E-state index contributed by atoms with van der Waals surface area (Å²) >= 11 is 0. The minimum atomic E-state index is -3.92. The van der Waals surface area contributed by atoms with Crippen molar-refractivity contribution in [3.8, 4) is 17.2 Å². The third-order valence-electron chi connectivity index (χ3n) is 3.38. The summed E-state index contributed by atoms with van der Waals surface area (Å²) < 4.78 is 38.7. The number of hydrogen-bond donors (Lipinski definition) is 3. The molecule has 2 rings (SSSR count). The highest BCUT2D eigenvalue weighted by atomic mass is 32.2. The molecule has 1 amide bonds. The van der Waals surface area contributed by atoms with Crippen molar-refractivity contribution in [2.45, 2.75) is 25.7 Å². The largest absolute Gasteiger partial charge is 0.506 e. The molecular formula is C18H22N2O6S. The molecule has 0 radical (unpaired) electrons. The molecule has 0 unspecified atom stereocenters. The molecule has 9 heteroatoms. The number of carbonyl (C=O) groups excluding carboxylic acids is 1. The second-order valence-electron chi connectivity index (χ2n) is 5.49. The van der Waals surface area contributed by atoms with Gasteiger partial charge >= 0.3 is 0 Å². The quantitative estimate of drug-likeness (QED) is 0.468. The summed E-state index contributed by atoms with van der Waals surface area (Å²) in [6, 6.07) is 8.31. The van der Waals surface area contributed by atoms with Gasteiger partial charge < -0.3 is 19.9 Å². The normalized spacial score (nSPS) is 10.9. The maximum Gasteiger partial charge on any atom is 0.262 e. The van der Waals surface area contributed by atoms with E-state index in [4.69, 9.17) is 9.47 Å². The predicted octanol–water partition coefficient (Wildman–Crippen LogP) is 2.95. The summed E-state index contributed by atoms with van der Waals surface area (Å²) in [5, 5.41) is 12.2. The first-order chi connectivity index (χ1) is 12.8. The Morgan fingerprint density at radius 3 is 2.33 bits per heavy atom. The number of rotatable bonds is 8. The van der Waals surface area contributed by atoms with Crippen molar-refractivity contribution in [3.05, 3.63) is 36.4 Å². The number of ether oxygens (including phenoxy) is 2. The smallest absolute Gasteiger partial charge is 0.262 e. The van der Waals surface area contributed by atoms with Crippen LogP contribution >= 0.6 is 0 Å². The molecule has 0 aliphatic heterocycles. The van der Waals surface area contributed by atoms with Gasteiger partial charge in [0.2, 0.25) is 5.91 Å². The molecular weight excluding hydrogens is 372 g/mol. The van der Waals surface area contributed by atoms with Gasteiger partial charge in [0, 0.05) is 13.0 Å². The first-order valence-corrected chi connectivity index (χ1v) is 9.78. The Bertz CT molecular complexity index is 927. The zero-order valence-electron chi connectivity index (χ0n) is 15.3. The molecule has 0 saturated heterocycles. The van der Waals surface area contributed by atoms with Gasteiger partial charge in [-0.1, -0.05) is 0 Å². The minimum absolute atomic E-state index is 0.0106. The fourth-order valence-electron chi connectivity index (χ4n) is 2.30. The molecule has 2 aromatic rings. The Labute approximate surface area is 158 Å². The van der Waals surface area contributed by atoms with Gasteiger partial charge in [-0.05, 0) is 44.2 Å². The van der Waals surface area contributed by atoms with Gasteiger partial charge in [0.25, 0.3) is 10.0 Å². The topological polar surface area (TPSA) is 114 Å². The molecule has 0 bridgehead atoms. The molecule has 2 aromatic carbocycles. The number of aromatic hydroxyl groups is 1. The van der Waals surface area contributed by atoms with E-state index < -0.39 is 15.9 Å². The molecule has 146 valence electrons. The SMILES string of the molecule is CCOc1ccc(S(=O)(=O)Nc2ccc(O)c(NC(C)=O)c2)cc1OCC. The van der Waals surface area contributed by atoms with Crippen LogP contribution in [-0.4, -0.2) is 32.6 Å². The molecule has 0 spiro atoms. The molecule has 0 aromatic heterocycles. The molecule has 27 heavy (non-hydrogen) atoms. The zero-order chi connectivity index (χ0) is 20.0. The van der Waals surface area contributed by atoms with E-state index in [-0.39, 0.29) is 22.0 Å². The average molecular weight is 394 g/mol. The second-order valence-corrected chi connectivity index (χ2v) is 7.18. The van der Waals surface area contributed by atoms with E-state index in [1.165, 1.54) is 43.3 Å². The molecule has 0 atom stereocenters. The second kappa shape index (κ2) is 8.63. The van der Waals surface area contributed by atoms with Crippen LogP contribution in [0.25, 0.3) is 0 Å². The number of anilines is 2. The lowest BCUT2D eigenvalue weighted by molar-refractivity contribution is -0.114. The third kappa shape index (κ3) is 5.27. The van der Waals surface area contributed by atoms with Crippen LogP contribution in [-0.2, 0) is 14.8 Å². The number of benzene rings is 2. The Morgan fingerprint density at radius 2 is 1.70 bits per heavy atom. The predicted molar refractivity (Wildman–Crippen MR) is 102 cm³/mol. The summed E-state index contributed by atoms with van der Waals surface area (Å²) in [5.41, 5.74) is 0.285. The Morgan fingerprint density at radius 1 is 1.04 bits per heavy atom. The standard InChI is InChI=1S/C18H22N2O6S/c1-4-25-17-9-7-14(11-18(17)26-5-2)27(23,24)20-13-6-8-16(22)15(10-13)19-12(3)21/h6-11,20,22H,4-5H2,1-3H3,(H,19,21). The Hall–Kier alpha value is -2.94. The van der Waals surface area contributed by atoms with Crippen LogP contribution < -0.4 is 19.5 Å². The monoisotopic (exact) mass is 394 g/mol. The van der Waals surface area contributed by atoms with Crippen LogP contribution in [0.5, 0.6) is 17.2 Å². The summed E-state index contributed by atoms with van der Waals surface area (Å²) in [6.45, 7) is 5.67. The van der Waals surface area contributed by atoms with E-state index in [1.807, 2.05) is 6.92 Å². The van der Waals surface area contributed by atoms with Crippen molar-refractivity contribution in [3.63, 3.8) is 0 Å². The van der Waals surface area contributed by atoms with Crippen LogP contribution in [0.1, 0.15) is 20.8 Å². The number of amides is 1. The van der Waals surface area contributed by atoms with Crippen molar-refractivity contribution in [2.24, 2.45) is 0 Å². The lowest BCUT2D eigenvalue weighted by Gasteiger charge is -2.14. The summed E-state index contributed by atoms with van der Waals surface area (Å²) in [6.07, 6.45) is 0. The molecule has 3 N–H and O–H groups in total. The molecule has 8 nitrogen and oxygen atoms in total. The Kier molecular flexibility index (Phi) is 6.51. The van der Waals surface area contributed by atoms with Crippen molar-refractivity contribution in [1.29, 1.82) is 0 Å². The maximum absolute atomic E-state index is 12.7. The van der Waals surface area contributed by atoms with Crippen molar-refractivity contribution < 1.29 is 27.8 Å². The van der Waals surface area contributed by atoms with Gasteiger partial charge in [0.15, 0.2) is 11.5 Å². The van der Waals surface area contributed by atoms with Crippen LogP contribution in [0.3, 0.4) is 0 Å². The number of nitrogens with one attached hydrogen (secondary N) is 2. The summed E-state index contributed by atoms with van der Waals surface area (Å²) in [4.78, 5) is 11.2. The van der Waals surface area contributed by atoms with Gasteiger partial charge in [-0.3, -0.25) is 9.52 Å². The fourth-order valence-corrected chi connectivity index (χ4v) is 3.37. The van der Waals surface area contributed by atoms with Crippen LogP contribution in [0.2, 0.25) is 0 Å². The summed E-state index contributed by atoms with van der Waals surface area (Å²) in [5.74, 6) is 0.216. The van der Waals surface area contributed by atoms with Crippen LogP contribution in [0.4, 0.5) is 11.4 Å². The van der Waals surface area contributed by atoms with Gasteiger partial charge in [-0.2, -0.15) is 0 Å². The van der Waals surface area contributed by atoms with E-state index in [9.17, 15) is 18.3 Å². The van der Waals surface area contributed by atoms with E-state index in [1.54, 1.807) is 6.92 Å². The Balaban J connectivity index is 2.33. The average Bonchev–Trinajstić information content (AvgIpc) is 2.59. The van der Waals surface area contributed by atoms with E-state index in [0.717, 1.165) is 0 Å². The molecule has 0 fully saturated rings. The maximum atomic E-state index is 12.7. The van der Waals surface area contributed by atoms with Crippen LogP contribution in [0, 0.1) is 0 Å². The first-order valence-electron chi connectivity index (χ1n) is 8.30. The highest BCUT2D eigenvalue weighted by Gasteiger charge is 2.18. The van der Waals surface area contributed by atoms with Gasteiger partial charge in [-0.25, -0.2) is 8.42 Å². The van der Waals surface area contributed by atoms with Crippen molar-refractivity contribution in [2.75, 3.05) is 23.3 Å².